The second-order valence-electron chi connectivity index (χ2n) is 6.51. The molecule has 0 spiro atoms. The molecule has 29 heavy (non-hydrogen) atoms. The van der Waals surface area contributed by atoms with Crippen LogP contribution in [-0.2, 0) is 0 Å². The highest BCUT2D eigenvalue weighted by Crippen LogP contribution is 2.41. The van der Waals surface area contributed by atoms with Crippen LogP contribution in [0.5, 0.6) is 0 Å². The normalized spacial score (nSPS) is 10.9. The number of furan rings is 1. The Morgan fingerprint density at radius 1 is 0.862 bits per heavy atom. The number of benzene rings is 2. The van der Waals surface area contributed by atoms with Gasteiger partial charge >= 0.3 is 0 Å². The summed E-state index contributed by atoms with van der Waals surface area (Å²) in [6.07, 6.45) is 3.53. The van der Waals surface area contributed by atoms with Crippen molar-refractivity contribution in [3.8, 4) is 28.3 Å². The van der Waals surface area contributed by atoms with Crippen molar-refractivity contribution in [2.24, 2.45) is 0 Å². The van der Waals surface area contributed by atoms with E-state index in [9.17, 15) is 4.79 Å². The quantitative estimate of drug-likeness (QED) is 0.338. The predicted molar refractivity (Wildman–Crippen MR) is 114 cm³/mol. The fourth-order valence-electron chi connectivity index (χ4n) is 3.37. The van der Waals surface area contributed by atoms with E-state index in [0.29, 0.717) is 28.3 Å². The molecule has 0 aliphatic rings. The van der Waals surface area contributed by atoms with Crippen LogP contribution in [0.1, 0.15) is 15.9 Å². The third kappa shape index (κ3) is 3.11. The van der Waals surface area contributed by atoms with Gasteiger partial charge in [0.1, 0.15) is 11.4 Å². The summed E-state index contributed by atoms with van der Waals surface area (Å²) in [6.45, 7) is 0. The summed E-state index contributed by atoms with van der Waals surface area (Å²) in [5.74, 6) is 1.08. The number of nitrogens with zero attached hydrogens (tertiary/aromatic N) is 2. The molecule has 5 aromatic rings. The molecule has 5 rings (SSSR count). The second-order valence-corrected chi connectivity index (χ2v) is 7.29. The summed E-state index contributed by atoms with van der Waals surface area (Å²) in [6, 6.07) is 22.8. The Morgan fingerprint density at radius 3 is 2.28 bits per heavy atom. The Hall–Kier alpha value is -3.70. The molecular weight excluding hydrogens is 380 g/mol. The van der Waals surface area contributed by atoms with Crippen LogP contribution in [-0.4, -0.2) is 15.6 Å². The average Bonchev–Trinajstić information content (AvgIpc) is 3.54. The summed E-state index contributed by atoms with van der Waals surface area (Å²) in [7, 11) is 0. The van der Waals surface area contributed by atoms with E-state index in [1.54, 1.807) is 22.2 Å². The van der Waals surface area contributed by atoms with E-state index in [2.05, 4.69) is 5.10 Å². The predicted octanol–water partition coefficient (Wildman–Crippen LogP) is 6.09. The van der Waals surface area contributed by atoms with Gasteiger partial charge in [-0.1, -0.05) is 60.7 Å². The lowest BCUT2D eigenvalue weighted by Gasteiger charge is -2.07. The number of thiophene rings is 1. The van der Waals surface area contributed by atoms with Crippen molar-refractivity contribution < 1.29 is 9.21 Å². The van der Waals surface area contributed by atoms with E-state index in [-0.39, 0.29) is 5.78 Å². The zero-order valence-electron chi connectivity index (χ0n) is 15.4. The van der Waals surface area contributed by atoms with Crippen molar-refractivity contribution >= 4 is 17.1 Å². The molecule has 0 bridgehead atoms. The van der Waals surface area contributed by atoms with E-state index in [1.165, 1.54) is 0 Å². The van der Waals surface area contributed by atoms with Gasteiger partial charge in [-0.15, -0.1) is 0 Å². The molecule has 0 unspecified atom stereocenters. The highest BCUT2D eigenvalue weighted by Gasteiger charge is 2.29. The Bertz CT molecular complexity index is 1240. The highest BCUT2D eigenvalue weighted by molar-refractivity contribution is 7.08. The first-order valence-electron chi connectivity index (χ1n) is 9.17. The first-order chi connectivity index (χ1) is 14.3. The summed E-state index contributed by atoms with van der Waals surface area (Å²) >= 11 is 1.58. The van der Waals surface area contributed by atoms with Crippen molar-refractivity contribution in [3.05, 3.63) is 107 Å². The molecule has 140 valence electrons. The second kappa shape index (κ2) is 7.37. The number of carbonyl (C=O) groups excluding carboxylic acids is 1. The molecule has 2 aromatic carbocycles. The molecule has 0 aliphatic carbocycles. The molecule has 0 N–H and O–H groups in total. The number of ketones is 1. The standard InChI is InChI=1S/C24H16N2O2S/c27-22(17-8-3-1-4-9-17)20-21(26-14-7-13-25-26)24(19-12-15-29-16-19)28-23(20)18-10-5-2-6-11-18/h1-16H. The maximum atomic E-state index is 13.6. The molecule has 0 aliphatic heterocycles. The van der Waals surface area contributed by atoms with Gasteiger partial charge in [0.05, 0.1) is 5.56 Å². The van der Waals surface area contributed by atoms with Gasteiger partial charge in [0.15, 0.2) is 11.5 Å². The van der Waals surface area contributed by atoms with Gasteiger partial charge in [0, 0.05) is 34.5 Å². The molecule has 0 fully saturated rings. The van der Waals surface area contributed by atoms with Crippen molar-refractivity contribution in [1.82, 2.24) is 9.78 Å². The van der Waals surface area contributed by atoms with Crippen LogP contribution >= 0.6 is 11.3 Å². The summed E-state index contributed by atoms with van der Waals surface area (Å²) in [4.78, 5) is 13.6. The fraction of sp³-hybridized carbons (Fsp3) is 0. The van der Waals surface area contributed by atoms with Gasteiger partial charge < -0.3 is 4.42 Å². The van der Waals surface area contributed by atoms with Crippen LogP contribution in [0.2, 0.25) is 0 Å². The molecule has 0 radical (unpaired) electrons. The lowest BCUT2D eigenvalue weighted by molar-refractivity contribution is 0.103. The molecular formula is C24H16N2O2S. The minimum absolute atomic E-state index is 0.0971. The monoisotopic (exact) mass is 396 g/mol. The van der Waals surface area contributed by atoms with Gasteiger partial charge in [0.2, 0.25) is 0 Å². The van der Waals surface area contributed by atoms with Crippen LogP contribution in [0.25, 0.3) is 28.3 Å². The summed E-state index contributed by atoms with van der Waals surface area (Å²) < 4.78 is 8.08. The largest absolute Gasteiger partial charge is 0.453 e. The lowest BCUT2D eigenvalue weighted by Crippen LogP contribution is -2.07. The number of hydrogen-bond donors (Lipinski definition) is 0. The lowest BCUT2D eigenvalue weighted by atomic mass is 9.98. The van der Waals surface area contributed by atoms with Crippen molar-refractivity contribution in [1.29, 1.82) is 0 Å². The highest BCUT2D eigenvalue weighted by atomic mass is 32.1. The van der Waals surface area contributed by atoms with Crippen molar-refractivity contribution in [3.63, 3.8) is 0 Å². The smallest absolute Gasteiger partial charge is 0.199 e. The third-order valence-corrected chi connectivity index (χ3v) is 5.38. The van der Waals surface area contributed by atoms with Gasteiger partial charge in [-0.25, -0.2) is 4.68 Å². The summed E-state index contributed by atoms with van der Waals surface area (Å²) in [5, 5.41) is 8.41. The number of rotatable bonds is 5. The molecule has 3 aromatic heterocycles. The third-order valence-electron chi connectivity index (χ3n) is 4.70. The summed E-state index contributed by atoms with van der Waals surface area (Å²) in [5.41, 5.74) is 3.54. The number of carbonyl (C=O) groups is 1. The number of aromatic nitrogens is 2. The maximum absolute atomic E-state index is 13.6. The minimum atomic E-state index is -0.0971. The zero-order chi connectivity index (χ0) is 19.6. The zero-order valence-corrected chi connectivity index (χ0v) is 16.2. The Morgan fingerprint density at radius 2 is 1.62 bits per heavy atom. The molecule has 0 saturated heterocycles. The van der Waals surface area contributed by atoms with Crippen LogP contribution in [0.4, 0.5) is 0 Å². The van der Waals surface area contributed by atoms with E-state index in [0.717, 1.165) is 11.1 Å². The van der Waals surface area contributed by atoms with Crippen LogP contribution in [0.15, 0.2) is 100 Å². The van der Waals surface area contributed by atoms with Gasteiger partial charge in [-0.05, 0) is 17.5 Å². The van der Waals surface area contributed by atoms with Gasteiger partial charge in [0.25, 0.3) is 0 Å². The van der Waals surface area contributed by atoms with Gasteiger partial charge in [-0.3, -0.25) is 4.79 Å². The molecule has 0 amide bonds. The fourth-order valence-corrected chi connectivity index (χ4v) is 4.00. The average molecular weight is 396 g/mol. The van der Waals surface area contributed by atoms with E-state index in [1.807, 2.05) is 89.8 Å². The maximum Gasteiger partial charge on any atom is 0.199 e. The SMILES string of the molecule is O=C(c1ccccc1)c1c(-c2ccccc2)oc(-c2ccsc2)c1-n1cccn1. The van der Waals surface area contributed by atoms with Crippen LogP contribution in [0.3, 0.4) is 0 Å². The van der Waals surface area contributed by atoms with Crippen molar-refractivity contribution in [2.75, 3.05) is 0 Å². The topological polar surface area (TPSA) is 48.0 Å². The van der Waals surface area contributed by atoms with E-state index in [4.69, 9.17) is 4.42 Å². The minimum Gasteiger partial charge on any atom is -0.453 e. The molecule has 0 atom stereocenters. The number of hydrogen-bond acceptors (Lipinski definition) is 4. The van der Waals surface area contributed by atoms with Gasteiger partial charge in [-0.2, -0.15) is 16.4 Å². The molecule has 0 saturated carbocycles. The first-order valence-corrected chi connectivity index (χ1v) is 10.1. The Balaban J connectivity index is 1.84. The van der Waals surface area contributed by atoms with Crippen molar-refractivity contribution in [2.45, 2.75) is 0 Å². The molecule has 5 heteroatoms. The van der Waals surface area contributed by atoms with Crippen LogP contribution < -0.4 is 0 Å². The van der Waals surface area contributed by atoms with E-state index >= 15 is 0 Å². The van der Waals surface area contributed by atoms with Crippen LogP contribution in [0, 0.1) is 0 Å². The molecule has 3 heterocycles. The van der Waals surface area contributed by atoms with E-state index < -0.39 is 0 Å². The first kappa shape index (κ1) is 17.4. The Labute approximate surface area is 171 Å². The Kier molecular flexibility index (Phi) is 4.42. The molecule has 4 nitrogen and oxygen atoms in total.